The summed E-state index contributed by atoms with van der Waals surface area (Å²) < 4.78 is 5.59. The number of aliphatic imine (C=N–C) groups is 1. The van der Waals surface area contributed by atoms with Gasteiger partial charge in [-0.05, 0) is 46.2 Å². The smallest absolute Gasteiger partial charge is 0.216 e. The van der Waals surface area contributed by atoms with E-state index in [1.807, 2.05) is 20.8 Å². The van der Waals surface area contributed by atoms with Gasteiger partial charge in [0.25, 0.3) is 0 Å². The Labute approximate surface area is 167 Å². The lowest BCUT2D eigenvalue weighted by Crippen LogP contribution is -2.38. The van der Waals surface area contributed by atoms with Crippen LogP contribution in [-0.2, 0) is 13.0 Å². The molecule has 0 amide bonds. The molecule has 0 bridgehead atoms. The van der Waals surface area contributed by atoms with E-state index >= 15 is 0 Å². The third-order valence-corrected chi connectivity index (χ3v) is 5.93. The van der Waals surface area contributed by atoms with Crippen molar-refractivity contribution in [2.75, 3.05) is 13.1 Å². The molecule has 0 atom stereocenters. The van der Waals surface area contributed by atoms with Crippen LogP contribution in [-0.4, -0.2) is 29.0 Å². The number of nitrogens with zero attached hydrogens (tertiary/aromatic N) is 3. The summed E-state index contributed by atoms with van der Waals surface area (Å²) in [5.41, 5.74) is 2.00. The van der Waals surface area contributed by atoms with Crippen molar-refractivity contribution in [3.63, 3.8) is 0 Å². The molecule has 144 valence electrons. The second-order valence-corrected chi connectivity index (χ2v) is 8.37. The average Bonchev–Trinajstić information content (AvgIpc) is 3.34. The van der Waals surface area contributed by atoms with Gasteiger partial charge in [0.1, 0.15) is 12.3 Å². The molecule has 2 N–H and O–H groups in total. The fraction of sp³-hybridized carbons (Fsp3) is 0.421. The first kappa shape index (κ1) is 19.6. The molecular weight excluding hydrogens is 378 g/mol. The largest absolute Gasteiger partial charge is 0.444 e. The first-order chi connectivity index (χ1) is 13.0. The molecule has 3 heterocycles. The Hall–Kier alpha value is -2.19. The van der Waals surface area contributed by atoms with Crippen LogP contribution in [0.5, 0.6) is 0 Å². The molecule has 0 unspecified atom stereocenters. The zero-order valence-corrected chi connectivity index (χ0v) is 17.8. The summed E-state index contributed by atoms with van der Waals surface area (Å²) in [5, 5.41) is 9.85. The normalized spacial score (nSPS) is 11.8. The van der Waals surface area contributed by atoms with Crippen LogP contribution in [0.4, 0.5) is 0 Å². The molecule has 0 aliphatic heterocycles. The summed E-state index contributed by atoms with van der Waals surface area (Å²) in [6, 6.07) is 4.33. The highest BCUT2D eigenvalue weighted by molar-refractivity contribution is 7.16. The number of aromatic nitrogens is 2. The molecule has 27 heavy (non-hydrogen) atoms. The molecule has 6 nitrogen and oxygen atoms in total. The number of nitrogens with one attached hydrogen (secondary N) is 2. The molecule has 0 saturated heterocycles. The van der Waals surface area contributed by atoms with Crippen molar-refractivity contribution in [3.05, 3.63) is 44.7 Å². The zero-order valence-electron chi connectivity index (χ0n) is 16.1. The van der Waals surface area contributed by atoms with Crippen LogP contribution in [0.2, 0.25) is 0 Å². The van der Waals surface area contributed by atoms with E-state index in [0.717, 1.165) is 47.6 Å². The predicted molar refractivity (Wildman–Crippen MR) is 113 cm³/mol. The Morgan fingerprint density at radius 3 is 2.70 bits per heavy atom. The third-order valence-electron chi connectivity index (χ3n) is 3.99. The molecule has 0 radical (unpaired) electrons. The summed E-state index contributed by atoms with van der Waals surface area (Å²) >= 11 is 3.49. The van der Waals surface area contributed by atoms with E-state index in [4.69, 9.17) is 4.42 Å². The van der Waals surface area contributed by atoms with Crippen molar-refractivity contribution in [2.45, 2.75) is 40.7 Å². The van der Waals surface area contributed by atoms with Crippen LogP contribution in [0, 0.1) is 20.8 Å². The number of hydrogen-bond donors (Lipinski definition) is 2. The Balaban J connectivity index is 1.53. The number of oxazole rings is 1. The monoisotopic (exact) mass is 403 g/mol. The Morgan fingerprint density at radius 2 is 2.04 bits per heavy atom. The lowest BCUT2D eigenvalue weighted by Gasteiger charge is -2.10. The molecule has 0 spiro atoms. The number of hydrogen-bond acceptors (Lipinski definition) is 6. The third kappa shape index (κ3) is 5.40. The lowest BCUT2D eigenvalue weighted by molar-refractivity contribution is 0.473. The highest BCUT2D eigenvalue weighted by Gasteiger charge is 2.07. The Kier molecular flexibility index (Phi) is 6.63. The first-order valence-electron chi connectivity index (χ1n) is 9.01. The molecule has 0 aliphatic rings. The van der Waals surface area contributed by atoms with E-state index < -0.39 is 0 Å². The second kappa shape index (κ2) is 9.14. The molecule has 3 aromatic rings. The SMILES string of the molecule is CCNC(=NCc1nc(C)c(C)o1)NCCc1ccc(-c2csc(C)n2)s1. The maximum absolute atomic E-state index is 5.59. The number of guanidine groups is 1. The van der Waals surface area contributed by atoms with Crippen molar-refractivity contribution >= 4 is 28.6 Å². The minimum Gasteiger partial charge on any atom is -0.444 e. The highest BCUT2D eigenvalue weighted by Crippen LogP contribution is 2.29. The van der Waals surface area contributed by atoms with Gasteiger partial charge in [-0.1, -0.05) is 0 Å². The fourth-order valence-electron chi connectivity index (χ4n) is 2.53. The van der Waals surface area contributed by atoms with E-state index in [1.54, 1.807) is 22.7 Å². The first-order valence-corrected chi connectivity index (χ1v) is 10.7. The summed E-state index contributed by atoms with van der Waals surface area (Å²) in [7, 11) is 0. The van der Waals surface area contributed by atoms with Gasteiger partial charge in [0.2, 0.25) is 5.89 Å². The van der Waals surface area contributed by atoms with Gasteiger partial charge in [0.05, 0.1) is 21.3 Å². The van der Waals surface area contributed by atoms with Crippen molar-refractivity contribution < 1.29 is 4.42 Å². The molecular formula is C19H25N5OS2. The summed E-state index contributed by atoms with van der Waals surface area (Å²) in [6.45, 7) is 10.00. The number of rotatable bonds is 7. The van der Waals surface area contributed by atoms with Gasteiger partial charge in [-0.3, -0.25) is 0 Å². The van der Waals surface area contributed by atoms with Crippen LogP contribution in [0.1, 0.15) is 34.2 Å². The van der Waals surface area contributed by atoms with Crippen molar-refractivity contribution in [1.82, 2.24) is 20.6 Å². The quantitative estimate of drug-likeness (QED) is 0.459. The van der Waals surface area contributed by atoms with Crippen molar-refractivity contribution in [1.29, 1.82) is 0 Å². The second-order valence-electron chi connectivity index (χ2n) is 6.14. The Morgan fingerprint density at radius 1 is 1.19 bits per heavy atom. The van der Waals surface area contributed by atoms with Crippen molar-refractivity contribution in [3.8, 4) is 10.6 Å². The van der Waals surface area contributed by atoms with Crippen LogP contribution in [0.15, 0.2) is 26.9 Å². The van der Waals surface area contributed by atoms with Gasteiger partial charge in [0, 0.05) is 23.3 Å². The standard InChI is InChI=1S/C19H25N5OS2/c1-5-20-19(22-10-18-23-12(2)13(3)25-18)21-9-8-15-6-7-17(27-15)16-11-26-14(4)24-16/h6-7,11H,5,8-10H2,1-4H3,(H2,20,21,22). The summed E-state index contributed by atoms with van der Waals surface area (Å²) in [4.78, 5) is 16.0. The fourth-order valence-corrected chi connectivity index (χ4v) is 4.18. The molecule has 0 saturated carbocycles. The molecule has 3 aromatic heterocycles. The van der Waals surface area contributed by atoms with Crippen molar-refractivity contribution in [2.24, 2.45) is 4.99 Å². The van der Waals surface area contributed by atoms with E-state index in [0.29, 0.717) is 12.4 Å². The summed E-state index contributed by atoms with van der Waals surface area (Å²) in [6.07, 6.45) is 0.940. The van der Waals surface area contributed by atoms with Gasteiger partial charge < -0.3 is 15.1 Å². The maximum atomic E-state index is 5.59. The molecule has 0 aromatic carbocycles. The zero-order chi connectivity index (χ0) is 19.2. The predicted octanol–water partition coefficient (Wildman–Crippen LogP) is 4.08. The van der Waals surface area contributed by atoms with Gasteiger partial charge in [-0.15, -0.1) is 22.7 Å². The van der Waals surface area contributed by atoms with Crippen LogP contribution in [0.3, 0.4) is 0 Å². The topological polar surface area (TPSA) is 75.3 Å². The Bertz CT molecular complexity index is 889. The van der Waals surface area contributed by atoms with E-state index in [2.05, 4.69) is 50.0 Å². The lowest BCUT2D eigenvalue weighted by atomic mass is 10.3. The van der Waals surface area contributed by atoms with Gasteiger partial charge in [0.15, 0.2) is 5.96 Å². The van der Waals surface area contributed by atoms with Gasteiger partial charge in [-0.2, -0.15) is 0 Å². The molecule has 8 heteroatoms. The molecule has 0 aliphatic carbocycles. The maximum Gasteiger partial charge on any atom is 0.216 e. The van der Waals surface area contributed by atoms with Crippen LogP contribution >= 0.6 is 22.7 Å². The molecule has 3 rings (SSSR count). The van der Waals surface area contributed by atoms with E-state index in [9.17, 15) is 0 Å². The van der Waals surface area contributed by atoms with E-state index in [1.165, 1.54) is 9.75 Å². The number of thiazole rings is 1. The average molecular weight is 404 g/mol. The number of thiophene rings is 1. The van der Waals surface area contributed by atoms with Gasteiger partial charge in [-0.25, -0.2) is 15.0 Å². The highest BCUT2D eigenvalue weighted by atomic mass is 32.1. The molecule has 0 fully saturated rings. The van der Waals surface area contributed by atoms with Gasteiger partial charge >= 0.3 is 0 Å². The minimum atomic E-state index is 0.427. The van der Waals surface area contributed by atoms with E-state index in [-0.39, 0.29) is 0 Å². The van der Waals surface area contributed by atoms with Crippen LogP contribution in [0.25, 0.3) is 10.6 Å². The minimum absolute atomic E-state index is 0.427. The van der Waals surface area contributed by atoms with Crippen LogP contribution < -0.4 is 10.6 Å². The summed E-state index contributed by atoms with van der Waals surface area (Å²) in [5.74, 6) is 2.27. The number of aryl methyl sites for hydroxylation is 3.